The minimum absolute atomic E-state index is 0.911. The number of carbonyl (C=O) groups is 1. The van der Waals surface area contributed by atoms with Crippen molar-refractivity contribution in [1.82, 2.24) is 0 Å². The molecule has 1 aromatic carbocycles. The molecule has 0 saturated carbocycles. The zero-order valence-corrected chi connectivity index (χ0v) is 11.9. The van der Waals surface area contributed by atoms with Crippen molar-refractivity contribution >= 4 is 29.5 Å². The minimum atomic E-state index is -0.911. The molecule has 1 aliphatic heterocycles. The molecule has 2 rings (SSSR count). The number of thioether (sulfide) groups is 1. The van der Waals surface area contributed by atoms with Crippen molar-refractivity contribution in [3.8, 4) is 0 Å². The second-order valence-electron chi connectivity index (χ2n) is 4.67. The second-order valence-corrected chi connectivity index (χ2v) is 5.90. The molecule has 0 amide bonds. The van der Waals surface area contributed by atoms with Crippen LogP contribution in [0.15, 0.2) is 24.3 Å². The number of anilines is 1. The van der Waals surface area contributed by atoms with Gasteiger partial charge < -0.3 is 10.0 Å². The Morgan fingerprint density at radius 3 is 2.95 bits per heavy atom. The monoisotopic (exact) mass is 277 g/mol. The smallest absolute Gasteiger partial charge is 0.328 e. The SMILES string of the molecule is Cc1cc(/C=C/C(=O)O)ccc1N1CCCSCC1. The lowest BCUT2D eigenvalue weighted by Crippen LogP contribution is -2.26. The summed E-state index contributed by atoms with van der Waals surface area (Å²) in [5.41, 5.74) is 3.42. The van der Waals surface area contributed by atoms with E-state index < -0.39 is 5.97 Å². The Kier molecular flexibility index (Phi) is 4.91. The van der Waals surface area contributed by atoms with Crippen molar-refractivity contribution in [1.29, 1.82) is 0 Å². The standard InChI is InChI=1S/C15H19NO2S/c1-12-11-13(4-6-15(17)18)3-5-14(12)16-7-2-9-19-10-8-16/h3-6,11H,2,7-10H2,1H3,(H,17,18)/b6-4+. The quantitative estimate of drug-likeness (QED) is 0.862. The van der Waals surface area contributed by atoms with Crippen LogP contribution in [-0.2, 0) is 4.79 Å². The van der Waals surface area contributed by atoms with E-state index in [2.05, 4.69) is 17.9 Å². The molecule has 102 valence electrons. The summed E-state index contributed by atoms with van der Waals surface area (Å²) in [4.78, 5) is 12.9. The van der Waals surface area contributed by atoms with Crippen molar-refractivity contribution in [2.45, 2.75) is 13.3 Å². The highest BCUT2D eigenvalue weighted by Gasteiger charge is 2.11. The fourth-order valence-corrected chi connectivity index (χ4v) is 3.18. The van der Waals surface area contributed by atoms with E-state index in [0.29, 0.717) is 0 Å². The van der Waals surface area contributed by atoms with Crippen LogP contribution in [0.2, 0.25) is 0 Å². The van der Waals surface area contributed by atoms with E-state index in [-0.39, 0.29) is 0 Å². The minimum Gasteiger partial charge on any atom is -0.478 e. The first-order chi connectivity index (χ1) is 9.16. The summed E-state index contributed by atoms with van der Waals surface area (Å²) in [5.74, 6) is 1.51. The topological polar surface area (TPSA) is 40.5 Å². The van der Waals surface area contributed by atoms with E-state index in [1.54, 1.807) is 6.08 Å². The molecule has 0 unspecified atom stereocenters. The summed E-state index contributed by atoms with van der Waals surface area (Å²) >= 11 is 2.02. The van der Waals surface area contributed by atoms with Crippen LogP contribution in [0.4, 0.5) is 5.69 Å². The van der Waals surface area contributed by atoms with Crippen molar-refractivity contribution in [2.24, 2.45) is 0 Å². The molecule has 3 nitrogen and oxygen atoms in total. The number of aryl methyl sites for hydroxylation is 1. The Bertz CT molecular complexity index is 477. The van der Waals surface area contributed by atoms with E-state index in [9.17, 15) is 4.79 Å². The Balaban J connectivity index is 2.16. The lowest BCUT2D eigenvalue weighted by molar-refractivity contribution is -0.131. The largest absolute Gasteiger partial charge is 0.478 e. The molecule has 1 aromatic rings. The van der Waals surface area contributed by atoms with Gasteiger partial charge in [-0.2, -0.15) is 11.8 Å². The van der Waals surface area contributed by atoms with Gasteiger partial charge in [-0.1, -0.05) is 6.07 Å². The first kappa shape index (κ1) is 14.0. The number of aliphatic carboxylic acids is 1. The van der Waals surface area contributed by atoms with E-state index in [4.69, 9.17) is 5.11 Å². The van der Waals surface area contributed by atoms with Crippen LogP contribution in [0.3, 0.4) is 0 Å². The Morgan fingerprint density at radius 1 is 1.37 bits per heavy atom. The number of benzene rings is 1. The zero-order valence-electron chi connectivity index (χ0n) is 11.1. The Morgan fingerprint density at radius 2 is 2.21 bits per heavy atom. The number of nitrogens with zero attached hydrogens (tertiary/aromatic N) is 1. The molecule has 0 bridgehead atoms. The maximum Gasteiger partial charge on any atom is 0.328 e. The van der Waals surface area contributed by atoms with Gasteiger partial charge in [0.2, 0.25) is 0 Å². The summed E-state index contributed by atoms with van der Waals surface area (Å²) < 4.78 is 0. The molecular weight excluding hydrogens is 258 g/mol. The molecule has 0 atom stereocenters. The van der Waals surface area contributed by atoms with Crippen LogP contribution in [0.5, 0.6) is 0 Å². The van der Waals surface area contributed by atoms with Gasteiger partial charge in [-0.3, -0.25) is 0 Å². The average molecular weight is 277 g/mol. The molecule has 0 radical (unpaired) electrons. The summed E-state index contributed by atoms with van der Waals surface area (Å²) in [7, 11) is 0. The van der Waals surface area contributed by atoms with Gasteiger partial charge >= 0.3 is 5.97 Å². The molecule has 4 heteroatoms. The number of rotatable bonds is 3. The summed E-state index contributed by atoms with van der Waals surface area (Å²) in [5, 5.41) is 8.64. The molecule has 1 fully saturated rings. The van der Waals surface area contributed by atoms with Gasteiger partial charge in [0.1, 0.15) is 0 Å². The molecule has 19 heavy (non-hydrogen) atoms. The van der Waals surface area contributed by atoms with Crippen molar-refractivity contribution in [2.75, 3.05) is 29.5 Å². The van der Waals surface area contributed by atoms with Gasteiger partial charge in [-0.15, -0.1) is 0 Å². The Labute approximate surface area is 118 Å². The van der Waals surface area contributed by atoms with Crippen LogP contribution in [0.1, 0.15) is 17.5 Å². The molecule has 1 N–H and O–H groups in total. The van der Waals surface area contributed by atoms with Gasteiger partial charge in [0.15, 0.2) is 0 Å². The lowest BCUT2D eigenvalue weighted by atomic mass is 10.1. The van der Waals surface area contributed by atoms with E-state index in [1.165, 1.54) is 35.3 Å². The van der Waals surface area contributed by atoms with Crippen molar-refractivity contribution in [3.63, 3.8) is 0 Å². The van der Waals surface area contributed by atoms with Gasteiger partial charge in [-0.25, -0.2) is 4.79 Å². The van der Waals surface area contributed by atoms with Crippen molar-refractivity contribution < 1.29 is 9.90 Å². The fourth-order valence-electron chi connectivity index (χ4n) is 2.29. The third kappa shape index (κ3) is 4.03. The van der Waals surface area contributed by atoms with Crippen LogP contribution in [0, 0.1) is 6.92 Å². The maximum absolute atomic E-state index is 10.5. The van der Waals surface area contributed by atoms with E-state index >= 15 is 0 Å². The normalized spacial score (nSPS) is 16.6. The summed E-state index contributed by atoms with van der Waals surface area (Å²) in [6.45, 7) is 4.29. The summed E-state index contributed by atoms with van der Waals surface area (Å²) in [6, 6.07) is 6.14. The third-order valence-corrected chi connectivity index (χ3v) is 4.25. The molecule has 0 spiro atoms. The number of carboxylic acids is 1. The zero-order chi connectivity index (χ0) is 13.7. The highest BCUT2D eigenvalue weighted by Crippen LogP contribution is 2.24. The number of hydrogen-bond donors (Lipinski definition) is 1. The van der Waals surface area contributed by atoms with Gasteiger partial charge in [0.25, 0.3) is 0 Å². The van der Waals surface area contributed by atoms with Gasteiger partial charge in [-0.05, 0) is 48.4 Å². The molecule has 0 aliphatic carbocycles. The van der Waals surface area contributed by atoms with E-state index in [1.807, 2.05) is 23.9 Å². The summed E-state index contributed by atoms with van der Waals surface area (Å²) in [6.07, 6.45) is 4.04. The van der Waals surface area contributed by atoms with Gasteiger partial charge in [0.05, 0.1) is 0 Å². The molecule has 0 aromatic heterocycles. The first-order valence-electron chi connectivity index (χ1n) is 6.51. The second kappa shape index (κ2) is 6.66. The first-order valence-corrected chi connectivity index (χ1v) is 7.66. The van der Waals surface area contributed by atoms with Crippen LogP contribution in [0.25, 0.3) is 6.08 Å². The molecule has 1 heterocycles. The van der Waals surface area contributed by atoms with Gasteiger partial charge in [0, 0.05) is 30.6 Å². The number of hydrogen-bond acceptors (Lipinski definition) is 3. The van der Waals surface area contributed by atoms with Crippen LogP contribution in [-0.4, -0.2) is 35.7 Å². The molecule has 1 aliphatic rings. The maximum atomic E-state index is 10.5. The molecular formula is C15H19NO2S. The third-order valence-electron chi connectivity index (χ3n) is 3.20. The van der Waals surface area contributed by atoms with Crippen LogP contribution < -0.4 is 4.90 Å². The fraction of sp³-hybridized carbons (Fsp3) is 0.400. The predicted octanol–water partition coefficient (Wildman–Crippen LogP) is 3.04. The number of carboxylic acid groups (broad SMARTS) is 1. The highest BCUT2D eigenvalue weighted by molar-refractivity contribution is 7.99. The van der Waals surface area contributed by atoms with E-state index in [0.717, 1.165) is 18.7 Å². The predicted molar refractivity (Wildman–Crippen MR) is 82.0 cm³/mol. The highest BCUT2D eigenvalue weighted by atomic mass is 32.2. The Hall–Kier alpha value is -1.42. The average Bonchev–Trinajstić information content (AvgIpc) is 2.65. The van der Waals surface area contributed by atoms with Crippen LogP contribution >= 0.6 is 11.8 Å². The van der Waals surface area contributed by atoms with Crippen molar-refractivity contribution in [3.05, 3.63) is 35.4 Å². The molecule has 1 saturated heterocycles. The lowest BCUT2D eigenvalue weighted by Gasteiger charge is -2.24.